The summed E-state index contributed by atoms with van der Waals surface area (Å²) in [5, 5.41) is 4.10. The molecule has 11 rings (SSSR count). The maximum Gasteiger partial charge on any atom is 0.227 e. The Labute approximate surface area is 302 Å². The fraction of sp³-hybridized carbons (Fsp3) is 0. The van der Waals surface area contributed by atoms with Gasteiger partial charge in [0.15, 0.2) is 23.1 Å². The molecular formula is C46H27N5O2. The van der Waals surface area contributed by atoms with Crippen LogP contribution in [0.25, 0.3) is 106 Å². The highest BCUT2D eigenvalue weighted by Gasteiger charge is 2.22. The number of hydrogen-bond donors (Lipinski definition) is 0. The lowest BCUT2D eigenvalue weighted by Crippen LogP contribution is -2.01. The van der Waals surface area contributed by atoms with Crippen LogP contribution in [-0.4, -0.2) is 24.5 Å². The first kappa shape index (κ1) is 29.4. The summed E-state index contributed by atoms with van der Waals surface area (Å²) in [6.07, 6.45) is 0. The van der Waals surface area contributed by atoms with E-state index < -0.39 is 0 Å². The standard InChI is InChI=1S/C46H27N5O2/c1-3-13-28(14-4-1)43-48-44(33-18-11-22-37-41(33)31-17-7-9-21-36(31)51(37)30-15-5-2-6-16-30)50-45(49-43)34-19-12-24-39-42(34)32-26-25-29(27-40(32)52-39)46-47-35-20-8-10-23-38(35)53-46/h1-27H. The number of rotatable bonds is 5. The summed E-state index contributed by atoms with van der Waals surface area (Å²) in [4.78, 5) is 20.3. The second-order valence-electron chi connectivity index (χ2n) is 13.0. The average Bonchev–Trinajstić information content (AvgIpc) is 3.93. The van der Waals surface area contributed by atoms with Crippen LogP contribution >= 0.6 is 0 Å². The van der Waals surface area contributed by atoms with E-state index in [1.165, 1.54) is 0 Å². The summed E-state index contributed by atoms with van der Waals surface area (Å²) in [5.74, 6) is 2.30. The first-order valence-corrected chi connectivity index (χ1v) is 17.5. The van der Waals surface area contributed by atoms with Crippen LogP contribution < -0.4 is 0 Å². The van der Waals surface area contributed by atoms with Crippen LogP contribution in [-0.2, 0) is 0 Å². The van der Waals surface area contributed by atoms with E-state index in [-0.39, 0.29) is 0 Å². The van der Waals surface area contributed by atoms with Gasteiger partial charge in [0, 0.05) is 49.5 Å². The molecule has 0 radical (unpaired) electrons. The Kier molecular flexibility index (Phi) is 6.42. The quantitative estimate of drug-likeness (QED) is 0.180. The molecule has 7 aromatic carbocycles. The molecule has 0 aliphatic carbocycles. The van der Waals surface area contributed by atoms with Crippen molar-refractivity contribution in [2.75, 3.05) is 0 Å². The number of furan rings is 1. The summed E-state index contributed by atoms with van der Waals surface area (Å²) in [6, 6.07) is 55.3. The van der Waals surface area contributed by atoms with Gasteiger partial charge >= 0.3 is 0 Å². The third-order valence-corrected chi connectivity index (χ3v) is 9.90. The topological polar surface area (TPSA) is 82.8 Å². The summed E-state index contributed by atoms with van der Waals surface area (Å²) in [5.41, 5.74) is 9.85. The molecule has 53 heavy (non-hydrogen) atoms. The van der Waals surface area contributed by atoms with E-state index in [1.807, 2.05) is 84.9 Å². The van der Waals surface area contributed by atoms with Crippen molar-refractivity contribution in [1.82, 2.24) is 24.5 Å². The first-order valence-electron chi connectivity index (χ1n) is 17.5. The number of fused-ring (bicyclic) bond motifs is 7. The lowest BCUT2D eigenvalue weighted by atomic mass is 10.0. The van der Waals surface area contributed by atoms with E-state index in [0.717, 1.165) is 82.8 Å². The minimum absolute atomic E-state index is 0.547. The van der Waals surface area contributed by atoms with Gasteiger partial charge in [0.1, 0.15) is 16.7 Å². The molecular weight excluding hydrogens is 655 g/mol. The van der Waals surface area contributed by atoms with E-state index in [4.69, 9.17) is 28.8 Å². The molecule has 11 aromatic rings. The van der Waals surface area contributed by atoms with Crippen LogP contribution in [0.3, 0.4) is 0 Å². The molecule has 0 fully saturated rings. The molecule has 0 bridgehead atoms. The van der Waals surface area contributed by atoms with E-state index in [1.54, 1.807) is 0 Å². The normalized spacial score (nSPS) is 11.8. The van der Waals surface area contributed by atoms with Crippen LogP contribution in [0.1, 0.15) is 0 Å². The zero-order valence-electron chi connectivity index (χ0n) is 28.1. The fourth-order valence-corrected chi connectivity index (χ4v) is 7.53. The predicted molar refractivity (Wildman–Crippen MR) is 211 cm³/mol. The van der Waals surface area contributed by atoms with Gasteiger partial charge in [-0.25, -0.2) is 19.9 Å². The molecule has 0 atom stereocenters. The van der Waals surface area contributed by atoms with Crippen LogP contribution in [0.2, 0.25) is 0 Å². The van der Waals surface area contributed by atoms with Gasteiger partial charge in [-0.1, -0.05) is 103 Å². The van der Waals surface area contributed by atoms with E-state index in [0.29, 0.717) is 23.4 Å². The molecule has 248 valence electrons. The second-order valence-corrected chi connectivity index (χ2v) is 13.0. The number of aromatic nitrogens is 5. The number of para-hydroxylation sites is 4. The van der Waals surface area contributed by atoms with Crippen molar-refractivity contribution in [3.63, 3.8) is 0 Å². The predicted octanol–water partition coefficient (Wildman–Crippen LogP) is 11.7. The zero-order chi connectivity index (χ0) is 34.9. The maximum absolute atomic E-state index is 6.49. The van der Waals surface area contributed by atoms with Crippen LogP contribution in [0.5, 0.6) is 0 Å². The van der Waals surface area contributed by atoms with Crippen molar-refractivity contribution < 1.29 is 8.83 Å². The minimum Gasteiger partial charge on any atom is -0.456 e. The lowest BCUT2D eigenvalue weighted by molar-refractivity contribution is 0.619. The SMILES string of the molecule is c1ccc(-c2nc(-c3cccc4oc5cc(-c6nc7ccccc7o6)ccc5c34)nc(-c3cccc4c3c3ccccc3n4-c3ccccc3)n2)cc1. The van der Waals surface area contributed by atoms with Crippen molar-refractivity contribution in [1.29, 1.82) is 0 Å². The van der Waals surface area contributed by atoms with Crippen LogP contribution in [0, 0.1) is 0 Å². The monoisotopic (exact) mass is 681 g/mol. The minimum atomic E-state index is 0.547. The Hall–Kier alpha value is -7.38. The molecule has 4 heterocycles. The lowest BCUT2D eigenvalue weighted by Gasteiger charge is -2.11. The molecule has 0 saturated carbocycles. The Morgan fingerprint density at radius 2 is 1.06 bits per heavy atom. The summed E-state index contributed by atoms with van der Waals surface area (Å²) < 4.78 is 14.9. The highest BCUT2D eigenvalue weighted by molar-refractivity contribution is 6.16. The fourth-order valence-electron chi connectivity index (χ4n) is 7.53. The molecule has 0 aliphatic rings. The van der Waals surface area contributed by atoms with Crippen molar-refractivity contribution >= 4 is 54.8 Å². The van der Waals surface area contributed by atoms with Crippen molar-refractivity contribution in [3.05, 3.63) is 164 Å². The molecule has 0 spiro atoms. The highest BCUT2D eigenvalue weighted by Crippen LogP contribution is 2.41. The highest BCUT2D eigenvalue weighted by atomic mass is 16.3. The molecule has 0 amide bonds. The van der Waals surface area contributed by atoms with Gasteiger partial charge in [-0.2, -0.15) is 0 Å². The summed E-state index contributed by atoms with van der Waals surface area (Å²) in [6.45, 7) is 0. The number of oxazole rings is 1. The Balaban J connectivity index is 1.14. The van der Waals surface area contributed by atoms with E-state index in [9.17, 15) is 0 Å². The molecule has 0 N–H and O–H groups in total. The average molecular weight is 682 g/mol. The van der Waals surface area contributed by atoms with Gasteiger partial charge in [0.25, 0.3) is 0 Å². The second kappa shape index (κ2) is 11.6. The van der Waals surface area contributed by atoms with Gasteiger partial charge in [-0.05, 0) is 60.7 Å². The summed E-state index contributed by atoms with van der Waals surface area (Å²) in [7, 11) is 0. The zero-order valence-corrected chi connectivity index (χ0v) is 28.1. The number of nitrogens with zero attached hydrogens (tertiary/aromatic N) is 5. The van der Waals surface area contributed by atoms with Gasteiger partial charge < -0.3 is 13.4 Å². The third kappa shape index (κ3) is 4.68. The van der Waals surface area contributed by atoms with Gasteiger partial charge in [-0.15, -0.1) is 0 Å². The number of hydrogen-bond acceptors (Lipinski definition) is 6. The molecule has 0 aliphatic heterocycles. The molecule has 7 heteroatoms. The Bertz CT molecular complexity index is 3150. The third-order valence-electron chi connectivity index (χ3n) is 9.90. The van der Waals surface area contributed by atoms with Crippen molar-refractivity contribution in [3.8, 4) is 51.3 Å². The van der Waals surface area contributed by atoms with Crippen LogP contribution in [0.15, 0.2) is 173 Å². The van der Waals surface area contributed by atoms with E-state index in [2.05, 4.69) is 83.4 Å². The Morgan fingerprint density at radius 3 is 1.89 bits per heavy atom. The van der Waals surface area contributed by atoms with E-state index >= 15 is 0 Å². The van der Waals surface area contributed by atoms with Gasteiger partial charge in [0.2, 0.25) is 5.89 Å². The molecule has 0 saturated heterocycles. The molecule has 0 unspecified atom stereocenters. The maximum atomic E-state index is 6.49. The summed E-state index contributed by atoms with van der Waals surface area (Å²) >= 11 is 0. The van der Waals surface area contributed by atoms with Crippen molar-refractivity contribution in [2.45, 2.75) is 0 Å². The molecule has 4 aromatic heterocycles. The van der Waals surface area contributed by atoms with Crippen LogP contribution in [0.4, 0.5) is 0 Å². The smallest absolute Gasteiger partial charge is 0.227 e. The van der Waals surface area contributed by atoms with Crippen molar-refractivity contribution in [2.24, 2.45) is 0 Å². The molecule has 7 nitrogen and oxygen atoms in total. The van der Waals surface area contributed by atoms with Gasteiger partial charge in [0.05, 0.1) is 11.0 Å². The Morgan fingerprint density at radius 1 is 0.396 bits per heavy atom. The number of benzene rings is 7. The largest absolute Gasteiger partial charge is 0.456 e. The van der Waals surface area contributed by atoms with Gasteiger partial charge in [-0.3, -0.25) is 0 Å². The first-order chi connectivity index (χ1) is 26.3.